The maximum atomic E-state index is 6.60. The van der Waals surface area contributed by atoms with Crippen LogP contribution in [0, 0.1) is 0 Å². The number of para-hydroxylation sites is 1. The van der Waals surface area contributed by atoms with E-state index in [9.17, 15) is 0 Å². The predicted octanol–water partition coefficient (Wildman–Crippen LogP) is 14.0. The summed E-state index contributed by atoms with van der Waals surface area (Å²) in [6, 6.07) is 54.7. The topological polar surface area (TPSA) is 21.3 Å². The van der Waals surface area contributed by atoms with E-state index >= 15 is 0 Å². The van der Waals surface area contributed by atoms with Gasteiger partial charge < -0.3 is 9.32 Å². The minimum Gasteiger partial charge on any atom is -0.439 e. The van der Waals surface area contributed by atoms with Gasteiger partial charge in [0.1, 0.15) is 5.58 Å². The maximum Gasteiger partial charge on any atom is 0.213 e. The van der Waals surface area contributed by atoms with Gasteiger partial charge >= 0.3 is 0 Å². The normalized spacial score (nSPS) is 16.9. The molecule has 1 atom stereocenters. The molecular weight excluding hydrogens is 657 g/mol. The molecule has 0 bridgehead atoms. The second kappa shape index (κ2) is 13.1. The van der Waals surface area contributed by atoms with E-state index in [-0.39, 0.29) is 5.54 Å². The quantitative estimate of drug-likeness (QED) is 0.165. The second-order valence-electron chi connectivity index (χ2n) is 14.7. The van der Waals surface area contributed by atoms with Crippen LogP contribution in [0.15, 0.2) is 193 Å². The standard InChI is InChI=1S/C51H40N2O/c1-51(32-30-39(31-33-51)37-16-7-3-8-17-37)53(43-27-24-38(25-28-43)36-14-5-2-6-15-36)44-21-13-18-40(34-44)41-26-29-47-46(35-41)49-45-22-11-12-23-48(45)54-50(49)52(47)42-19-9-4-10-20-42/h2-9,11-19,21-32,34-35H,10,20,33H2,1H3. The van der Waals surface area contributed by atoms with E-state index in [0.29, 0.717) is 0 Å². The predicted molar refractivity (Wildman–Crippen MR) is 228 cm³/mol. The van der Waals surface area contributed by atoms with Gasteiger partial charge in [0.05, 0.1) is 16.4 Å². The summed E-state index contributed by atoms with van der Waals surface area (Å²) in [5.74, 6) is 0. The van der Waals surface area contributed by atoms with Crippen LogP contribution < -0.4 is 4.90 Å². The zero-order valence-electron chi connectivity index (χ0n) is 30.3. The van der Waals surface area contributed by atoms with Gasteiger partial charge in [-0.1, -0.05) is 140 Å². The van der Waals surface area contributed by atoms with Gasteiger partial charge in [-0.25, -0.2) is 0 Å². The number of aromatic nitrogens is 1. The van der Waals surface area contributed by atoms with Crippen LogP contribution in [-0.2, 0) is 0 Å². The van der Waals surface area contributed by atoms with Crippen LogP contribution in [0.2, 0.25) is 0 Å². The SMILES string of the molecule is CC1(N(c2ccc(-c3ccccc3)cc2)c2cccc(-c3ccc4c(c3)c3c5ccccc5oc3n4C3=CC=CCC3)c2)C=CC(c2ccccc2)=CC1. The Kier molecular flexibility index (Phi) is 7.80. The van der Waals surface area contributed by atoms with Crippen molar-refractivity contribution >= 4 is 55.6 Å². The molecule has 0 spiro atoms. The van der Waals surface area contributed by atoms with Crippen molar-refractivity contribution in [2.75, 3.05) is 4.90 Å². The van der Waals surface area contributed by atoms with Gasteiger partial charge in [0.25, 0.3) is 0 Å². The number of furan rings is 1. The molecule has 2 aliphatic carbocycles. The van der Waals surface area contributed by atoms with Crippen molar-refractivity contribution in [3.63, 3.8) is 0 Å². The maximum absolute atomic E-state index is 6.60. The average Bonchev–Trinajstić information content (AvgIpc) is 3.77. The van der Waals surface area contributed by atoms with Crippen molar-refractivity contribution in [3.05, 3.63) is 194 Å². The molecule has 0 saturated heterocycles. The highest BCUT2D eigenvalue weighted by Gasteiger charge is 2.32. The molecule has 3 heteroatoms. The number of rotatable bonds is 7. The lowest BCUT2D eigenvalue weighted by Gasteiger charge is -2.42. The minimum atomic E-state index is -0.295. The fraction of sp³-hybridized carbons (Fsp3) is 0.0980. The van der Waals surface area contributed by atoms with Gasteiger partial charge in [0.15, 0.2) is 0 Å². The molecule has 6 aromatic carbocycles. The van der Waals surface area contributed by atoms with Crippen LogP contribution in [0.25, 0.3) is 66.5 Å². The molecule has 0 aliphatic heterocycles. The van der Waals surface area contributed by atoms with Gasteiger partial charge in [-0.05, 0) is 108 Å². The molecular formula is C51H40N2O. The van der Waals surface area contributed by atoms with Crippen LogP contribution in [0.1, 0.15) is 31.7 Å². The first-order valence-corrected chi connectivity index (χ1v) is 19.0. The van der Waals surface area contributed by atoms with Crippen molar-refractivity contribution in [2.45, 2.75) is 31.7 Å². The third kappa shape index (κ3) is 5.52. The van der Waals surface area contributed by atoms with E-state index in [1.807, 2.05) is 0 Å². The van der Waals surface area contributed by atoms with Crippen LogP contribution in [0.4, 0.5) is 11.4 Å². The summed E-state index contributed by atoms with van der Waals surface area (Å²) in [4.78, 5) is 2.51. The molecule has 0 saturated carbocycles. The van der Waals surface area contributed by atoms with Crippen molar-refractivity contribution in [1.29, 1.82) is 0 Å². The van der Waals surface area contributed by atoms with Gasteiger partial charge in [-0.15, -0.1) is 0 Å². The zero-order chi connectivity index (χ0) is 36.1. The Balaban J connectivity index is 1.09. The molecule has 1 unspecified atom stereocenters. The molecule has 8 aromatic rings. The molecule has 0 radical (unpaired) electrons. The number of allylic oxidation sites excluding steroid dienone is 6. The van der Waals surface area contributed by atoms with E-state index in [2.05, 4.69) is 205 Å². The van der Waals surface area contributed by atoms with Gasteiger partial charge in [0, 0.05) is 27.8 Å². The number of benzene rings is 6. The summed E-state index contributed by atoms with van der Waals surface area (Å²) < 4.78 is 8.93. The van der Waals surface area contributed by atoms with Crippen molar-refractivity contribution in [2.24, 2.45) is 0 Å². The lowest BCUT2D eigenvalue weighted by molar-refractivity contribution is 0.571. The smallest absolute Gasteiger partial charge is 0.213 e. The lowest BCUT2D eigenvalue weighted by atomic mass is 9.85. The Labute approximate surface area is 316 Å². The first-order valence-electron chi connectivity index (χ1n) is 19.0. The summed E-state index contributed by atoms with van der Waals surface area (Å²) >= 11 is 0. The highest BCUT2D eigenvalue weighted by atomic mass is 16.3. The monoisotopic (exact) mass is 696 g/mol. The first kappa shape index (κ1) is 32.1. The molecule has 3 nitrogen and oxygen atoms in total. The highest BCUT2D eigenvalue weighted by Crippen LogP contribution is 2.44. The third-order valence-corrected chi connectivity index (χ3v) is 11.2. The fourth-order valence-corrected chi connectivity index (χ4v) is 8.46. The lowest BCUT2D eigenvalue weighted by Crippen LogP contribution is -2.42. The van der Waals surface area contributed by atoms with E-state index in [1.54, 1.807) is 0 Å². The summed E-state index contributed by atoms with van der Waals surface area (Å²) in [6.45, 7) is 2.35. The molecule has 0 fully saturated rings. The summed E-state index contributed by atoms with van der Waals surface area (Å²) in [5.41, 5.74) is 13.6. The van der Waals surface area contributed by atoms with Crippen molar-refractivity contribution < 1.29 is 4.42 Å². The average molecular weight is 697 g/mol. The molecule has 2 aromatic heterocycles. The van der Waals surface area contributed by atoms with Crippen molar-refractivity contribution in [3.8, 4) is 22.3 Å². The Hall–Kier alpha value is -6.58. The molecule has 54 heavy (non-hydrogen) atoms. The van der Waals surface area contributed by atoms with Gasteiger partial charge in [-0.2, -0.15) is 0 Å². The number of fused-ring (bicyclic) bond motifs is 5. The first-order chi connectivity index (χ1) is 26.6. The Bertz CT molecular complexity index is 2790. The zero-order valence-corrected chi connectivity index (χ0v) is 30.3. The van der Waals surface area contributed by atoms with E-state index in [1.165, 1.54) is 55.4 Å². The number of anilines is 2. The van der Waals surface area contributed by atoms with Crippen LogP contribution in [-0.4, -0.2) is 10.1 Å². The largest absolute Gasteiger partial charge is 0.439 e. The summed E-state index contributed by atoms with van der Waals surface area (Å²) in [5, 5.41) is 3.54. The minimum absolute atomic E-state index is 0.295. The number of hydrogen-bond acceptors (Lipinski definition) is 2. The molecule has 2 aliphatic rings. The Morgan fingerprint density at radius 3 is 2.09 bits per heavy atom. The van der Waals surface area contributed by atoms with E-state index < -0.39 is 0 Å². The third-order valence-electron chi connectivity index (χ3n) is 11.2. The number of nitrogens with zero attached hydrogens (tertiary/aromatic N) is 2. The van der Waals surface area contributed by atoms with Gasteiger partial charge in [0.2, 0.25) is 5.71 Å². The summed E-state index contributed by atoms with van der Waals surface area (Å²) in [7, 11) is 0. The van der Waals surface area contributed by atoms with Crippen LogP contribution in [0.5, 0.6) is 0 Å². The van der Waals surface area contributed by atoms with E-state index in [0.717, 1.165) is 47.3 Å². The Morgan fingerprint density at radius 1 is 0.630 bits per heavy atom. The van der Waals surface area contributed by atoms with Crippen LogP contribution in [0.3, 0.4) is 0 Å². The highest BCUT2D eigenvalue weighted by molar-refractivity contribution is 6.21. The molecule has 10 rings (SSSR count). The Morgan fingerprint density at radius 2 is 1.33 bits per heavy atom. The fourth-order valence-electron chi connectivity index (χ4n) is 8.46. The molecule has 260 valence electrons. The van der Waals surface area contributed by atoms with Crippen LogP contribution >= 0.6 is 0 Å². The van der Waals surface area contributed by atoms with Gasteiger partial charge in [-0.3, -0.25) is 4.57 Å². The molecule has 2 heterocycles. The summed E-state index contributed by atoms with van der Waals surface area (Å²) in [6.07, 6.45) is 16.6. The second-order valence-corrected chi connectivity index (χ2v) is 14.7. The molecule has 0 N–H and O–H groups in total. The van der Waals surface area contributed by atoms with Crippen molar-refractivity contribution in [1.82, 2.24) is 4.57 Å². The number of hydrogen-bond donors (Lipinski definition) is 0. The van der Waals surface area contributed by atoms with E-state index in [4.69, 9.17) is 4.42 Å². The molecule has 0 amide bonds.